The number of hydrogen-bond acceptors (Lipinski definition) is 6. The van der Waals surface area contributed by atoms with Gasteiger partial charge in [0, 0.05) is 11.8 Å². The van der Waals surface area contributed by atoms with Crippen molar-refractivity contribution in [1.29, 1.82) is 0 Å². The van der Waals surface area contributed by atoms with E-state index in [2.05, 4.69) is 16.1 Å². The first-order chi connectivity index (χ1) is 10.4. The molecule has 0 amide bonds. The van der Waals surface area contributed by atoms with Crippen molar-refractivity contribution in [3.63, 3.8) is 0 Å². The van der Waals surface area contributed by atoms with Crippen LogP contribution >= 0.6 is 8.25 Å². The molecule has 9 nitrogen and oxygen atoms in total. The molecule has 1 aromatic heterocycles. The third kappa shape index (κ3) is 5.27. The summed E-state index contributed by atoms with van der Waals surface area (Å²) in [5.41, 5.74) is -0.382. The number of ether oxygens (including phenoxy) is 1. The van der Waals surface area contributed by atoms with E-state index in [0.717, 1.165) is 6.26 Å². The van der Waals surface area contributed by atoms with E-state index >= 15 is 0 Å². The van der Waals surface area contributed by atoms with Gasteiger partial charge in [0.2, 0.25) is 0 Å². The quantitative estimate of drug-likeness (QED) is 0.523. The van der Waals surface area contributed by atoms with E-state index in [4.69, 9.17) is 14.7 Å². The third-order valence-electron chi connectivity index (χ3n) is 2.93. The molecule has 0 saturated carbocycles. The van der Waals surface area contributed by atoms with Crippen LogP contribution in [-0.4, -0.2) is 32.3 Å². The zero-order chi connectivity index (χ0) is 16.7. The third-order valence-corrected chi connectivity index (χ3v) is 3.30. The number of aryl methyl sites for hydroxylation is 1. The maximum Gasteiger partial charge on any atom is 0.364 e. The zero-order valence-electron chi connectivity index (χ0n) is 12.0. The van der Waals surface area contributed by atoms with Crippen LogP contribution in [0.25, 0.3) is 0 Å². The van der Waals surface area contributed by atoms with Crippen LogP contribution in [-0.2, 0) is 13.8 Å². The lowest BCUT2D eigenvalue weighted by Crippen LogP contribution is -2.33. The Hall–Kier alpha value is -1.67. The lowest BCUT2D eigenvalue weighted by Gasteiger charge is -2.14. The molecule has 0 radical (unpaired) electrons. The standard InChI is InChI=1S/C10H14N2O4.C2H5O3P/c1-6-4-12(10(15)11-9(6)14)8-3-2-7(5-13)16-8;1-2-5-6(3)4/h4,7-8,13H,2-3,5H2,1H3,(H,11,14,15);2,6H,1H2,(H,3,4)/t7-,8+;/m0./s1. The number of aromatic amines is 1. The second-order valence-electron chi connectivity index (χ2n) is 4.50. The number of nitrogens with zero attached hydrogens (tertiary/aromatic N) is 1. The molecule has 22 heavy (non-hydrogen) atoms. The predicted molar refractivity (Wildman–Crippen MR) is 78.8 cm³/mol. The van der Waals surface area contributed by atoms with Crippen molar-refractivity contribution < 1.29 is 23.8 Å². The Morgan fingerprint density at radius 3 is 2.73 bits per heavy atom. The Labute approximate surface area is 126 Å². The monoisotopic (exact) mass is 334 g/mol. The Kier molecular flexibility index (Phi) is 7.26. The van der Waals surface area contributed by atoms with Gasteiger partial charge in [-0.05, 0) is 19.8 Å². The number of nitrogens with one attached hydrogen (secondary N) is 1. The fraction of sp³-hybridized carbons (Fsp3) is 0.500. The van der Waals surface area contributed by atoms with Gasteiger partial charge in [-0.1, -0.05) is 6.58 Å². The van der Waals surface area contributed by atoms with E-state index in [1.54, 1.807) is 6.92 Å². The zero-order valence-corrected chi connectivity index (χ0v) is 13.0. The number of rotatable bonds is 4. The molecule has 3 N–H and O–H groups in total. The number of H-pyrrole nitrogens is 1. The molecule has 1 aliphatic heterocycles. The van der Waals surface area contributed by atoms with Gasteiger partial charge in [-0.2, -0.15) is 0 Å². The molecule has 1 saturated heterocycles. The predicted octanol–water partition coefficient (Wildman–Crippen LogP) is 0.0434. The van der Waals surface area contributed by atoms with E-state index in [9.17, 15) is 14.2 Å². The summed E-state index contributed by atoms with van der Waals surface area (Å²) in [4.78, 5) is 32.7. The highest BCUT2D eigenvalue weighted by Crippen LogP contribution is 2.26. The Balaban J connectivity index is 0.000000346. The van der Waals surface area contributed by atoms with Gasteiger partial charge in [-0.3, -0.25) is 14.3 Å². The van der Waals surface area contributed by atoms with E-state index in [-0.39, 0.29) is 24.5 Å². The van der Waals surface area contributed by atoms with Gasteiger partial charge < -0.3 is 19.3 Å². The molecule has 3 atom stereocenters. The minimum absolute atomic E-state index is 0.0480. The van der Waals surface area contributed by atoms with Crippen LogP contribution < -0.4 is 11.2 Å². The fourth-order valence-electron chi connectivity index (χ4n) is 1.90. The molecule has 1 aliphatic rings. The van der Waals surface area contributed by atoms with Crippen LogP contribution in [0.5, 0.6) is 0 Å². The molecule has 2 heterocycles. The van der Waals surface area contributed by atoms with Gasteiger partial charge in [-0.25, -0.2) is 9.36 Å². The first kappa shape index (κ1) is 18.4. The number of hydrogen-bond donors (Lipinski definition) is 3. The first-order valence-electron chi connectivity index (χ1n) is 6.48. The smallest absolute Gasteiger partial charge is 0.364 e. The Morgan fingerprint density at radius 1 is 1.59 bits per heavy atom. The molecule has 124 valence electrons. The van der Waals surface area contributed by atoms with E-state index in [1.807, 2.05) is 0 Å². The van der Waals surface area contributed by atoms with Crippen LogP contribution in [0.3, 0.4) is 0 Å². The normalized spacial score (nSPS) is 21.6. The summed E-state index contributed by atoms with van der Waals surface area (Å²) < 4.78 is 20.2. The van der Waals surface area contributed by atoms with Crippen LogP contribution in [0.15, 0.2) is 28.6 Å². The Morgan fingerprint density at radius 2 is 2.27 bits per heavy atom. The molecule has 1 aromatic rings. The maximum absolute atomic E-state index is 11.5. The van der Waals surface area contributed by atoms with Crippen molar-refractivity contribution in [2.45, 2.75) is 32.1 Å². The lowest BCUT2D eigenvalue weighted by molar-refractivity contribution is -0.0247. The number of aliphatic hydroxyl groups excluding tert-OH is 1. The van der Waals surface area contributed by atoms with Gasteiger partial charge in [0.15, 0.2) is 0 Å². The molecule has 1 unspecified atom stereocenters. The van der Waals surface area contributed by atoms with Gasteiger partial charge in [0.05, 0.1) is 19.0 Å². The van der Waals surface area contributed by atoms with Gasteiger partial charge in [0.1, 0.15) is 6.23 Å². The summed E-state index contributed by atoms with van der Waals surface area (Å²) in [5.74, 6) is 0. The summed E-state index contributed by atoms with van der Waals surface area (Å²) in [5, 5.41) is 8.93. The highest BCUT2D eigenvalue weighted by molar-refractivity contribution is 7.32. The maximum atomic E-state index is 11.5. The van der Waals surface area contributed by atoms with Crippen LogP contribution in [0.1, 0.15) is 24.6 Å². The summed E-state index contributed by atoms with van der Waals surface area (Å²) in [6, 6.07) is 0. The summed E-state index contributed by atoms with van der Waals surface area (Å²) in [6.45, 7) is 4.63. The molecule has 2 rings (SSSR count). The molecular formula is C12H19N2O7P. The van der Waals surface area contributed by atoms with Crippen LogP contribution in [0.2, 0.25) is 0 Å². The largest absolute Gasteiger partial charge is 0.435 e. The van der Waals surface area contributed by atoms with Crippen molar-refractivity contribution in [3.8, 4) is 0 Å². The van der Waals surface area contributed by atoms with Gasteiger partial charge in [0.25, 0.3) is 5.56 Å². The highest BCUT2D eigenvalue weighted by atomic mass is 31.1. The van der Waals surface area contributed by atoms with Crippen LogP contribution in [0.4, 0.5) is 0 Å². The van der Waals surface area contributed by atoms with Crippen molar-refractivity contribution in [2.24, 2.45) is 0 Å². The summed E-state index contributed by atoms with van der Waals surface area (Å²) in [6.07, 6.45) is 3.19. The fourth-order valence-corrected chi connectivity index (χ4v) is 2.04. The second-order valence-corrected chi connectivity index (χ2v) is 5.27. The SMILES string of the molecule is C=CO[PH](=O)O.Cc1cn([C@H]2CC[C@@H](CO)O2)c(=O)[nH]c1=O. The molecular weight excluding hydrogens is 315 g/mol. The first-order valence-corrected chi connectivity index (χ1v) is 7.74. The average Bonchev–Trinajstić information content (AvgIpc) is 2.92. The van der Waals surface area contributed by atoms with Crippen molar-refractivity contribution >= 4 is 8.25 Å². The summed E-state index contributed by atoms with van der Waals surface area (Å²) >= 11 is 0. The average molecular weight is 334 g/mol. The van der Waals surface area contributed by atoms with E-state index in [1.165, 1.54) is 10.8 Å². The van der Waals surface area contributed by atoms with E-state index < -0.39 is 13.9 Å². The second kappa shape index (κ2) is 8.70. The Bertz CT molecular complexity index is 639. The molecule has 0 aromatic carbocycles. The minimum atomic E-state index is -2.75. The molecule has 10 heteroatoms. The minimum Gasteiger partial charge on any atom is -0.435 e. The van der Waals surface area contributed by atoms with E-state index in [0.29, 0.717) is 18.4 Å². The molecule has 0 aliphatic carbocycles. The molecule has 0 spiro atoms. The van der Waals surface area contributed by atoms with Crippen LogP contribution in [0, 0.1) is 6.92 Å². The lowest BCUT2D eigenvalue weighted by atomic mass is 10.2. The summed E-state index contributed by atoms with van der Waals surface area (Å²) in [7, 11) is -2.75. The molecule has 1 fully saturated rings. The number of aromatic nitrogens is 2. The van der Waals surface area contributed by atoms with Crippen molar-refractivity contribution in [3.05, 3.63) is 45.4 Å². The molecule has 0 bridgehead atoms. The highest BCUT2D eigenvalue weighted by Gasteiger charge is 2.26. The topological polar surface area (TPSA) is 131 Å². The van der Waals surface area contributed by atoms with Gasteiger partial charge >= 0.3 is 13.9 Å². The van der Waals surface area contributed by atoms with Crippen molar-refractivity contribution in [1.82, 2.24) is 9.55 Å². The van der Waals surface area contributed by atoms with Gasteiger partial charge in [-0.15, -0.1) is 0 Å². The number of aliphatic hydroxyl groups is 1. The van der Waals surface area contributed by atoms with Crippen molar-refractivity contribution in [2.75, 3.05) is 6.61 Å².